The van der Waals surface area contributed by atoms with Crippen LogP contribution in [0.15, 0.2) is 30.3 Å². The Morgan fingerprint density at radius 3 is 2.35 bits per heavy atom. The molecule has 0 spiro atoms. The number of carboxylic acids is 1. The summed E-state index contributed by atoms with van der Waals surface area (Å²) >= 11 is 0. The van der Waals surface area contributed by atoms with Crippen molar-refractivity contribution < 1.29 is 19.4 Å². The maximum absolute atomic E-state index is 11.5. The van der Waals surface area contributed by atoms with Gasteiger partial charge < -0.3 is 9.84 Å². The number of hydrogen-bond donors (Lipinski definition) is 1. The van der Waals surface area contributed by atoms with Crippen LogP contribution in [0.25, 0.3) is 0 Å². The third-order valence-electron chi connectivity index (χ3n) is 2.41. The van der Waals surface area contributed by atoms with Crippen LogP contribution >= 0.6 is 0 Å². The lowest BCUT2D eigenvalue weighted by Gasteiger charge is -2.26. The quantitative estimate of drug-likeness (QED) is 0.868. The fraction of sp³-hybridized carbons (Fsp3) is 0.333. The van der Waals surface area contributed by atoms with Gasteiger partial charge in [0.2, 0.25) is 0 Å². The minimum atomic E-state index is -1.08. The number of carboxylic acid groups (broad SMARTS) is 1. The van der Waals surface area contributed by atoms with Gasteiger partial charge >= 0.3 is 12.1 Å². The second-order valence-electron chi connectivity index (χ2n) is 3.41. The van der Waals surface area contributed by atoms with Gasteiger partial charge in [0.25, 0.3) is 0 Å². The van der Waals surface area contributed by atoms with Gasteiger partial charge in [0.1, 0.15) is 0 Å². The van der Waals surface area contributed by atoms with Crippen LogP contribution in [0.5, 0.6) is 0 Å². The molecule has 1 rings (SSSR count). The van der Waals surface area contributed by atoms with Gasteiger partial charge in [-0.05, 0) is 12.5 Å². The Bertz CT molecular complexity index is 391. The van der Waals surface area contributed by atoms with E-state index in [1.54, 1.807) is 37.3 Å². The second kappa shape index (κ2) is 5.89. The van der Waals surface area contributed by atoms with E-state index in [9.17, 15) is 14.7 Å². The summed E-state index contributed by atoms with van der Waals surface area (Å²) < 4.78 is 4.58. The first kappa shape index (κ1) is 13.0. The molecule has 0 heterocycles. The van der Waals surface area contributed by atoms with Crippen LogP contribution in [0.4, 0.5) is 4.79 Å². The van der Waals surface area contributed by atoms with E-state index in [2.05, 4.69) is 4.74 Å². The molecule has 0 saturated carbocycles. The lowest BCUT2D eigenvalue weighted by Crippen LogP contribution is -2.38. The Hall–Kier alpha value is -2.04. The summed E-state index contributed by atoms with van der Waals surface area (Å²) in [6, 6.07) is 7.58. The Morgan fingerprint density at radius 1 is 1.35 bits per heavy atom. The number of amides is 1. The molecule has 0 radical (unpaired) electrons. The molecule has 0 aliphatic rings. The van der Waals surface area contributed by atoms with Gasteiger partial charge in [-0.2, -0.15) is 0 Å². The number of benzene rings is 1. The normalized spacial score (nSPS) is 11.6. The Balaban J connectivity index is 3.08. The summed E-state index contributed by atoms with van der Waals surface area (Å²) in [5, 5.41) is 9.22. The molecule has 0 saturated heterocycles. The van der Waals surface area contributed by atoms with Crippen molar-refractivity contribution in [2.45, 2.75) is 13.0 Å². The summed E-state index contributed by atoms with van der Waals surface area (Å²) in [6.45, 7) is 1.97. The van der Waals surface area contributed by atoms with E-state index in [0.29, 0.717) is 5.56 Å². The van der Waals surface area contributed by atoms with E-state index in [4.69, 9.17) is 0 Å². The third-order valence-corrected chi connectivity index (χ3v) is 2.41. The maximum Gasteiger partial charge on any atom is 0.410 e. The zero-order valence-corrected chi connectivity index (χ0v) is 9.79. The van der Waals surface area contributed by atoms with Crippen molar-refractivity contribution in [2.24, 2.45) is 0 Å². The van der Waals surface area contributed by atoms with Crippen molar-refractivity contribution in [1.29, 1.82) is 0 Å². The number of nitrogens with zero attached hydrogens (tertiary/aromatic N) is 1. The number of aliphatic carboxylic acids is 1. The lowest BCUT2D eigenvalue weighted by molar-refractivity contribution is -0.142. The summed E-state index contributed by atoms with van der Waals surface area (Å²) in [4.78, 5) is 23.9. The molecule has 0 aliphatic heterocycles. The Kier molecular flexibility index (Phi) is 4.51. The molecule has 1 N–H and O–H groups in total. The van der Waals surface area contributed by atoms with E-state index >= 15 is 0 Å². The third kappa shape index (κ3) is 2.96. The molecule has 92 valence electrons. The predicted octanol–water partition coefficient (Wildman–Crippen LogP) is 1.90. The number of hydrogen-bond acceptors (Lipinski definition) is 3. The topological polar surface area (TPSA) is 66.8 Å². The van der Waals surface area contributed by atoms with Gasteiger partial charge in [0.05, 0.1) is 7.11 Å². The van der Waals surface area contributed by atoms with Gasteiger partial charge in [-0.25, -0.2) is 9.59 Å². The molecule has 5 nitrogen and oxygen atoms in total. The Labute approximate surface area is 99.6 Å². The average molecular weight is 237 g/mol. The highest BCUT2D eigenvalue weighted by molar-refractivity contribution is 5.81. The van der Waals surface area contributed by atoms with Crippen LogP contribution in [0.3, 0.4) is 0 Å². The maximum atomic E-state index is 11.5. The number of carbonyl (C=O) groups excluding carboxylic acids is 1. The minimum Gasteiger partial charge on any atom is -0.479 e. The fourth-order valence-electron chi connectivity index (χ4n) is 1.63. The van der Waals surface area contributed by atoms with Crippen LogP contribution in [0.2, 0.25) is 0 Å². The van der Waals surface area contributed by atoms with Crippen molar-refractivity contribution in [3.63, 3.8) is 0 Å². The first-order valence-electron chi connectivity index (χ1n) is 5.24. The number of rotatable bonds is 4. The van der Waals surface area contributed by atoms with Crippen molar-refractivity contribution in [2.75, 3.05) is 13.7 Å². The smallest absolute Gasteiger partial charge is 0.410 e. The molecule has 0 bridgehead atoms. The van der Waals surface area contributed by atoms with Crippen LogP contribution in [0.1, 0.15) is 18.5 Å². The second-order valence-corrected chi connectivity index (χ2v) is 3.41. The number of likely N-dealkylation sites (N-methyl/N-ethyl adjacent to an activating group) is 1. The van der Waals surface area contributed by atoms with E-state index in [1.807, 2.05) is 0 Å². The number of methoxy groups -OCH3 is 1. The first-order chi connectivity index (χ1) is 8.11. The molecule has 0 aromatic heterocycles. The average Bonchev–Trinajstić information content (AvgIpc) is 2.35. The van der Waals surface area contributed by atoms with Gasteiger partial charge in [-0.1, -0.05) is 30.3 Å². The molecular formula is C12H15NO4. The van der Waals surface area contributed by atoms with Gasteiger partial charge in [-0.15, -0.1) is 0 Å². The van der Waals surface area contributed by atoms with Gasteiger partial charge in [-0.3, -0.25) is 4.90 Å². The van der Waals surface area contributed by atoms with Crippen molar-refractivity contribution in [1.82, 2.24) is 4.90 Å². The SMILES string of the molecule is CCN(C(=O)OC)C(C(=O)O)c1ccccc1. The molecule has 1 aromatic rings. The Morgan fingerprint density at radius 2 is 1.94 bits per heavy atom. The predicted molar refractivity (Wildman–Crippen MR) is 61.6 cm³/mol. The van der Waals surface area contributed by atoms with E-state index in [-0.39, 0.29) is 6.54 Å². The molecule has 0 fully saturated rings. The van der Waals surface area contributed by atoms with E-state index in [0.717, 1.165) is 4.90 Å². The van der Waals surface area contributed by atoms with Crippen molar-refractivity contribution in [3.05, 3.63) is 35.9 Å². The first-order valence-corrected chi connectivity index (χ1v) is 5.24. The summed E-state index contributed by atoms with van der Waals surface area (Å²) in [5.74, 6) is -1.08. The summed E-state index contributed by atoms with van der Waals surface area (Å²) in [5.41, 5.74) is 0.548. The summed E-state index contributed by atoms with van der Waals surface area (Å²) in [7, 11) is 1.23. The molecule has 1 aromatic carbocycles. The highest BCUT2D eigenvalue weighted by Gasteiger charge is 2.30. The molecule has 1 atom stereocenters. The van der Waals surface area contributed by atoms with Crippen molar-refractivity contribution >= 4 is 12.1 Å². The highest BCUT2D eigenvalue weighted by atomic mass is 16.5. The van der Waals surface area contributed by atoms with Crippen LogP contribution in [0, 0.1) is 0 Å². The number of carbonyl (C=O) groups is 2. The molecule has 1 amide bonds. The zero-order valence-electron chi connectivity index (χ0n) is 9.79. The minimum absolute atomic E-state index is 0.262. The largest absolute Gasteiger partial charge is 0.479 e. The molecule has 17 heavy (non-hydrogen) atoms. The molecule has 0 aliphatic carbocycles. The van der Waals surface area contributed by atoms with Gasteiger partial charge in [0.15, 0.2) is 6.04 Å². The fourth-order valence-corrected chi connectivity index (χ4v) is 1.63. The zero-order chi connectivity index (χ0) is 12.8. The van der Waals surface area contributed by atoms with Crippen molar-refractivity contribution in [3.8, 4) is 0 Å². The highest BCUT2D eigenvalue weighted by Crippen LogP contribution is 2.21. The van der Waals surface area contributed by atoms with Crippen LogP contribution < -0.4 is 0 Å². The van der Waals surface area contributed by atoms with Crippen LogP contribution in [-0.4, -0.2) is 35.7 Å². The molecular weight excluding hydrogens is 222 g/mol. The summed E-state index contributed by atoms with van der Waals surface area (Å²) in [6.07, 6.45) is -0.649. The number of ether oxygens (including phenoxy) is 1. The monoisotopic (exact) mass is 237 g/mol. The van der Waals surface area contributed by atoms with E-state index < -0.39 is 18.1 Å². The standard InChI is InChI=1S/C12H15NO4/c1-3-13(12(16)17-2)10(11(14)15)9-7-5-4-6-8-9/h4-8,10H,3H2,1-2H3,(H,14,15). The molecule has 1 unspecified atom stereocenters. The van der Waals surface area contributed by atoms with Gasteiger partial charge in [0, 0.05) is 6.54 Å². The molecule has 5 heteroatoms. The van der Waals surface area contributed by atoms with E-state index in [1.165, 1.54) is 7.11 Å². The van der Waals surface area contributed by atoms with Crippen LogP contribution in [-0.2, 0) is 9.53 Å². The lowest BCUT2D eigenvalue weighted by atomic mass is 10.1.